The van der Waals surface area contributed by atoms with Gasteiger partial charge in [-0.05, 0) is 55.3 Å². The SMILES string of the molecule is CCc1ccccc1NC(=O)CSc1cc(C)nc(-c2ccc(F)cc2)n1. The van der Waals surface area contributed by atoms with Crippen molar-refractivity contribution in [2.75, 3.05) is 11.1 Å². The topological polar surface area (TPSA) is 54.9 Å². The summed E-state index contributed by atoms with van der Waals surface area (Å²) in [5.74, 6) is 0.386. The number of aryl methyl sites for hydroxylation is 2. The number of hydrogen-bond acceptors (Lipinski definition) is 4. The Morgan fingerprint density at radius 2 is 1.85 bits per heavy atom. The minimum Gasteiger partial charge on any atom is -0.325 e. The Balaban J connectivity index is 1.69. The van der Waals surface area contributed by atoms with Gasteiger partial charge in [-0.25, -0.2) is 14.4 Å². The van der Waals surface area contributed by atoms with Crippen LogP contribution in [0.15, 0.2) is 59.6 Å². The number of hydrogen-bond donors (Lipinski definition) is 1. The molecule has 1 aromatic heterocycles. The van der Waals surface area contributed by atoms with E-state index < -0.39 is 0 Å². The van der Waals surface area contributed by atoms with E-state index in [1.54, 1.807) is 12.1 Å². The molecule has 0 aliphatic rings. The Kier molecular flexibility index (Phi) is 6.19. The van der Waals surface area contributed by atoms with Crippen molar-refractivity contribution >= 4 is 23.4 Å². The summed E-state index contributed by atoms with van der Waals surface area (Å²) in [7, 11) is 0. The van der Waals surface area contributed by atoms with Gasteiger partial charge in [-0.2, -0.15) is 0 Å². The zero-order valence-corrected chi connectivity index (χ0v) is 16.0. The smallest absolute Gasteiger partial charge is 0.234 e. The van der Waals surface area contributed by atoms with E-state index in [-0.39, 0.29) is 17.5 Å². The van der Waals surface area contributed by atoms with Gasteiger partial charge in [-0.1, -0.05) is 36.9 Å². The summed E-state index contributed by atoms with van der Waals surface area (Å²) in [5.41, 5.74) is 3.48. The molecule has 3 rings (SSSR count). The Hall–Kier alpha value is -2.73. The van der Waals surface area contributed by atoms with Gasteiger partial charge >= 0.3 is 0 Å². The first-order valence-electron chi connectivity index (χ1n) is 8.67. The quantitative estimate of drug-likeness (QED) is 0.488. The molecule has 3 aromatic rings. The van der Waals surface area contributed by atoms with Crippen LogP contribution >= 0.6 is 11.8 Å². The van der Waals surface area contributed by atoms with E-state index in [4.69, 9.17) is 0 Å². The molecule has 0 atom stereocenters. The van der Waals surface area contributed by atoms with Gasteiger partial charge < -0.3 is 5.32 Å². The van der Waals surface area contributed by atoms with E-state index in [0.29, 0.717) is 10.9 Å². The lowest BCUT2D eigenvalue weighted by Gasteiger charge is -2.10. The summed E-state index contributed by atoms with van der Waals surface area (Å²) in [6.07, 6.45) is 0.857. The Bertz CT molecular complexity index is 944. The van der Waals surface area contributed by atoms with Crippen LogP contribution in [-0.4, -0.2) is 21.6 Å². The van der Waals surface area contributed by atoms with Crippen molar-refractivity contribution in [2.45, 2.75) is 25.3 Å². The maximum absolute atomic E-state index is 13.1. The Labute approximate surface area is 162 Å². The summed E-state index contributed by atoms with van der Waals surface area (Å²) in [4.78, 5) is 21.2. The summed E-state index contributed by atoms with van der Waals surface area (Å²) in [6, 6.07) is 15.7. The molecule has 0 unspecified atom stereocenters. The monoisotopic (exact) mass is 381 g/mol. The number of benzene rings is 2. The Morgan fingerprint density at radius 3 is 2.59 bits per heavy atom. The van der Waals surface area contributed by atoms with Gasteiger partial charge in [-0.15, -0.1) is 0 Å². The van der Waals surface area contributed by atoms with Crippen LogP contribution in [0.1, 0.15) is 18.2 Å². The third kappa shape index (κ3) is 5.14. The van der Waals surface area contributed by atoms with E-state index in [9.17, 15) is 9.18 Å². The molecule has 4 nitrogen and oxygen atoms in total. The highest BCUT2D eigenvalue weighted by atomic mass is 32.2. The molecule has 1 heterocycles. The number of rotatable bonds is 6. The van der Waals surface area contributed by atoms with Crippen LogP contribution in [0.2, 0.25) is 0 Å². The van der Waals surface area contributed by atoms with Gasteiger partial charge in [0.2, 0.25) is 5.91 Å². The van der Waals surface area contributed by atoms with Crippen LogP contribution in [0.5, 0.6) is 0 Å². The Morgan fingerprint density at radius 1 is 1.11 bits per heavy atom. The predicted molar refractivity (Wildman–Crippen MR) is 107 cm³/mol. The average molecular weight is 381 g/mol. The summed E-state index contributed by atoms with van der Waals surface area (Å²) < 4.78 is 13.1. The maximum Gasteiger partial charge on any atom is 0.234 e. The fourth-order valence-electron chi connectivity index (χ4n) is 2.62. The second-order valence-corrected chi connectivity index (χ2v) is 7.02. The average Bonchev–Trinajstić information content (AvgIpc) is 2.67. The molecule has 0 bridgehead atoms. The van der Waals surface area contributed by atoms with Crippen molar-refractivity contribution in [1.29, 1.82) is 0 Å². The van der Waals surface area contributed by atoms with Crippen molar-refractivity contribution in [3.05, 3.63) is 71.7 Å². The first-order valence-corrected chi connectivity index (χ1v) is 9.66. The molecule has 138 valence electrons. The van der Waals surface area contributed by atoms with E-state index in [0.717, 1.165) is 28.9 Å². The van der Waals surface area contributed by atoms with E-state index >= 15 is 0 Å². The van der Waals surface area contributed by atoms with Gasteiger partial charge in [0.05, 0.1) is 5.75 Å². The number of anilines is 1. The number of amides is 1. The van der Waals surface area contributed by atoms with Crippen molar-refractivity contribution < 1.29 is 9.18 Å². The molecule has 0 saturated heterocycles. The molecule has 6 heteroatoms. The summed E-state index contributed by atoms with van der Waals surface area (Å²) in [6.45, 7) is 3.93. The van der Waals surface area contributed by atoms with Gasteiger partial charge in [0.25, 0.3) is 0 Å². The van der Waals surface area contributed by atoms with Crippen LogP contribution in [-0.2, 0) is 11.2 Å². The van der Waals surface area contributed by atoms with Crippen LogP contribution in [0.4, 0.5) is 10.1 Å². The van der Waals surface area contributed by atoms with Gasteiger partial charge in [-0.3, -0.25) is 4.79 Å². The van der Waals surface area contributed by atoms with Gasteiger partial charge in [0.15, 0.2) is 5.82 Å². The van der Waals surface area contributed by atoms with Crippen molar-refractivity contribution in [2.24, 2.45) is 0 Å². The first kappa shape index (κ1) is 19.0. The van der Waals surface area contributed by atoms with Gasteiger partial charge in [0.1, 0.15) is 10.8 Å². The molecular formula is C21H20FN3OS. The molecule has 0 fully saturated rings. The number of nitrogens with zero attached hydrogens (tertiary/aromatic N) is 2. The standard InChI is InChI=1S/C21H20FN3OS/c1-3-15-6-4-5-7-18(15)24-19(26)13-27-20-12-14(2)23-21(25-20)16-8-10-17(22)11-9-16/h4-12H,3,13H2,1-2H3,(H,24,26). The van der Waals surface area contributed by atoms with Crippen LogP contribution < -0.4 is 5.32 Å². The molecule has 0 radical (unpaired) electrons. The molecule has 0 aliphatic carbocycles. The number of nitrogens with one attached hydrogen (secondary N) is 1. The second kappa shape index (κ2) is 8.77. The van der Waals surface area contributed by atoms with Gasteiger partial charge in [0, 0.05) is 16.9 Å². The molecule has 1 amide bonds. The predicted octanol–water partition coefficient (Wildman–Crippen LogP) is 4.88. The lowest BCUT2D eigenvalue weighted by molar-refractivity contribution is -0.113. The number of para-hydroxylation sites is 1. The number of aromatic nitrogens is 2. The molecule has 27 heavy (non-hydrogen) atoms. The van der Waals surface area contributed by atoms with E-state index in [2.05, 4.69) is 22.2 Å². The second-order valence-electron chi connectivity index (χ2n) is 6.03. The number of carbonyl (C=O) groups excluding carboxylic acids is 1. The van der Waals surface area contributed by atoms with Crippen molar-refractivity contribution in [3.8, 4) is 11.4 Å². The normalized spacial score (nSPS) is 10.6. The van der Waals surface area contributed by atoms with Crippen LogP contribution in [0.25, 0.3) is 11.4 Å². The molecule has 0 aliphatic heterocycles. The highest BCUT2D eigenvalue weighted by molar-refractivity contribution is 7.99. The largest absolute Gasteiger partial charge is 0.325 e. The zero-order chi connectivity index (χ0) is 19.2. The fraction of sp³-hybridized carbons (Fsp3) is 0.190. The van der Waals surface area contributed by atoms with E-state index in [1.165, 1.54) is 23.9 Å². The lowest BCUT2D eigenvalue weighted by Crippen LogP contribution is -2.15. The number of halogens is 1. The highest BCUT2D eigenvalue weighted by Gasteiger charge is 2.10. The summed E-state index contributed by atoms with van der Waals surface area (Å²) >= 11 is 1.35. The summed E-state index contributed by atoms with van der Waals surface area (Å²) in [5, 5.41) is 3.66. The molecule has 1 N–H and O–H groups in total. The minimum absolute atomic E-state index is 0.0829. The van der Waals surface area contributed by atoms with Crippen molar-refractivity contribution in [3.63, 3.8) is 0 Å². The minimum atomic E-state index is -0.301. The molecular weight excluding hydrogens is 361 g/mol. The third-order valence-electron chi connectivity index (χ3n) is 3.96. The number of carbonyl (C=O) groups is 1. The lowest BCUT2D eigenvalue weighted by atomic mass is 10.1. The maximum atomic E-state index is 13.1. The first-order chi connectivity index (χ1) is 13.0. The van der Waals surface area contributed by atoms with Crippen LogP contribution in [0.3, 0.4) is 0 Å². The van der Waals surface area contributed by atoms with Crippen LogP contribution in [0, 0.1) is 12.7 Å². The molecule has 0 saturated carbocycles. The third-order valence-corrected chi connectivity index (χ3v) is 4.87. The van der Waals surface area contributed by atoms with E-state index in [1.807, 2.05) is 37.3 Å². The molecule has 2 aromatic carbocycles. The number of thioether (sulfide) groups is 1. The highest BCUT2D eigenvalue weighted by Crippen LogP contribution is 2.22. The zero-order valence-electron chi connectivity index (χ0n) is 15.2. The van der Waals surface area contributed by atoms with Crippen molar-refractivity contribution in [1.82, 2.24) is 9.97 Å². The molecule has 0 spiro atoms. The fourth-order valence-corrected chi connectivity index (χ4v) is 3.37.